The third-order valence-electron chi connectivity index (χ3n) is 11.1. The molecule has 0 spiro atoms. The average molecular weight is 841 g/mol. The lowest BCUT2D eigenvalue weighted by Crippen LogP contribution is -2.32. The number of rotatable bonds is 10. The van der Waals surface area contributed by atoms with Crippen LogP contribution in [0.3, 0.4) is 0 Å². The number of carboxylic acid groups (broad SMARTS) is 2. The van der Waals surface area contributed by atoms with Gasteiger partial charge in [0, 0.05) is 75.1 Å². The van der Waals surface area contributed by atoms with Crippen LogP contribution in [0.15, 0.2) is 164 Å². The van der Waals surface area contributed by atoms with Gasteiger partial charge in [-0.2, -0.15) is 0 Å². The van der Waals surface area contributed by atoms with E-state index in [1.54, 1.807) is 17.8 Å². The number of fused-ring (bicyclic) bond motifs is 3. The zero-order valence-corrected chi connectivity index (χ0v) is 35.1. The van der Waals surface area contributed by atoms with Crippen LogP contribution in [0.1, 0.15) is 11.1 Å². The predicted octanol–water partition coefficient (Wildman–Crippen LogP) is 9.35. The van der Waals surface area contributed by atoms with Crippen LogP contribution in [0, 0.1) is 10.1 Å². The Hall–Kier alpha value is -7.80. The van der Waals surface area contributed by atoms with Gasteiger partial charge in [-0.15, -0.1) is 0 Å². The van der Waals surface area contributed by atoms with Crippen molar-refractivity contribution in [3.63, 3.8) is 0 Å². The first kappa shape index (κ1) is 43.3. The fraction of sp³-hybridized carbons (Fsp3) is 0.137. The number of hydrogen-bond acceptors (Lipinski definition) is 6. The molecule has 12 nitrogen and oxygen atoms in total. The Morgan fingerprint density at radius 3 is 1.56 bits per heavy atom. The van der Waals surface area contributed by atoms with E-state index in [9.17, 15) is 19.7 Å². The van der Waals surface area contributed by atoms with Gasteiger partial charge in [-0.05, 0) is 74.2 Å². The van der Waals surface area contributed by atoms with Gasteiger partial charge in [0.1, 0.15) is 12.1 Å². The third-order valence-corrected chi connectivity index (χ3v) is 11.1. The molecule has 0 fully saturated rings. The fourth-order valence-electron chi connectivity index (χ4n) is 7.84. The SMILES string of the molecule is Cn1cc(CC(N)C(=O)O)c2c([N+](=O)[O-])cc(-c3ccccc3)cc21.Cn1cc(CC(N)C(=O)O)c2ccc(-c3ccccc3)cc21.Cn1ccc2ccc(-c3ccccc3)cc21. The van der Waals surface area contributed by atoms with Crippen LogP contribution in [-0.2, 0) is 43.6 Å². The second-order valence-corrected chi connectivity index (χ2v) is 15.5. The number of carbonyl (C=O) groups is 2. The van der Waals surface area contributed by atoms with Crippen LogP contribution in [0.4, 0.5) is 5.69 Å². The van der Waals surface area contributed by atoms with E-state index < -0.39 is 28.9 Å². The number of non-ortho nitro benzene ring substituents is 1. The molecule has 6 N–H and O–H groups in total. The Bertz CT molecular complexity index is 3060. The summed E-state index contributed by atoms with van der Waals surface area (Å²) in [4.78, 5) is 33.2. The third kappa shape index (κ3) is 9.73. The summed E-state index contributed by atoms with van der Waals surface area (Å²) in [6, 6.07) is 46.4. The van der Waals surface area contributed by atoms with Crippen molar-refractivity contribution in [2.24, 2.45) is 32.6 Å². The van der Waals surface area contributed by atoms with Gasteiger partial charge in [0.2, 0.25) is 0 Å². The maximum atomic E-state index is 11.6. The van der Waals surface area contributed by atoms with Gasteiger partial charge < -0.3 is 35.4 Å². The summed E-state index contributed by atoms with van der Waals surface area (Å²) in [6.45, 7) is 0. The molecule has 0 radical (unpaired) electrons. The first-order valence-electron chi connectivity index (χ1n) is 20.3. The van der Waals surface area contributed by atoms with E-state index >= 15 is 0 Å². The highest BCUT2D eigenvalue weighted by Gasteiger charge is 2.24. The number of nitro benzene ring substituents is 1. The first-order chi connectivity index (χ1) is 30.3. The van der Waals surface area contributed by atoms with Gasteiger partial charge in [0.05, 0.1) is 15.8 Å². The molecule has 3 aromatic heterocycles. The lowest BCUT2D eigenvalue weighted by Gasteiger charge is -2.07. The predicted molar refractivity (Wildman–Crippen MR) is 250 cm³/mol. The molecule has 63 heavy (non-hydrogen) atoms. The number of aryl methyl sites for hydroxylation is 3. The summed E-state index contributed by atoms with van der Waals surface area (Å²) >= 11 is 0. The summed E-state index contributed by atoms with van der Waals surface area (Å²) in [7, 11) is 5.82. The van der Waals surface area contributed by atoms with Crippen molar-refractivity contribution in [3.8, 4) is 33.4 Å². The molecule has 318 valence electrons. The summed E-state index contributed by atoms with van der Waals surface area (Å²) < 4.78 is 5.94. The number of aliphatic carboxylic acids is 2. The monoisotopic (exact) mass is 840 g/mol. The van der Waals surface area contributed by atoms with E-state index in [2.05, 4.69) is 90.6 Å². The van der Waals surface area contributed by atoms with E-state index in [1.165, 1.54) is 28.1 Å². The van der Waals surface area contributed by atoms with E-state index in [4.69, 9.17) is 21.7 Å². The highest BCUT2D eigenvalue weighted by Crippen LogP contribution is 2.36. The molecule has 2 atom stereocenters. The second-order valence-electron chi connectivity index (χ2n) is 15.5. The number of nitrogens with two attached hydrogens (primary N) is 2. The minimum absolute atomic E-state index is 0.0260. The molecule has 0 saturated carbocycles. The summed E-state index contributed by atoms with van der Waals surface area (Å²) in [5.41, 5.74) is 22.2. The Balaban J connectivity index is 0.000000145. The molecule has 12 heteroatoms. The van der Waals surface area contributed by atoms with Crippen LogP contribution in [-0.4, -0.2) is 52.9 Å². The standard InChI is InChI=1S/C18H17N3O4.C18H18N2O2.C15H13N/c1-20-10-13(7-14(19)18(22)23)17-15(20)8-12(9-16(17)21(24)25)11-5-3-2-4-6-11;1-20-11-14(9-16(19)18(21)22)15-8-7-13(10-17(15)20)12-5-3-2-4-6-12;1-16-10-9-13-7-8-14(11-15(13)16)12-5-3-2-4-6-12/h2-6,8-10,14H,7,19H2,1H3,(H,22,23);2-8,10-11,16H,9,19H2,1H3,(H,21,22);2-11H,1H3. The average Bonchev–Trinajstić information content (AvgIpc) is 3.94. The van der Waals surface area contributed by atoms with Gasteiger partial charge >= 0.3 is 11.9 Å². The molecule has 9 rings (SSSR count). The van der Waals surface area contributed by atoms with E-state index in [0.29, 0.717) is 22.9 Å². The second kappa shape index (κ2) is 18.9. The molecule has 9 aromatic rings. The molecule has 0 aliphatic rings. The minimum atomic E-state index is -1.14. The molecule has 0 saturated heterocycles. The molecule has 6 aromatic carbocycles. The summed E-state index contributed by atoms with van der Waals surface area (Å²) in [5, 5.41) is 32.4. The van der Waals surface area contributed by atoms with Gasteiger partial charge in [0.25, 0.3) is 5.69 Å². The Morgan fingerprint density at radius 2 is 1.02 bits per heavy atom. The Kier molecular flexibility index (Phi) is 13.0. The topological polar surface area (TPSA) is 185 Å². The van der Waals surface area contributed by atoms with Crippen molar-refractivity contribution >= 4 is 50.3 Å². The molecule has 0 bridgehead atoms. The van der Waals surface area contributed by atoms with Crippen molar-refractivity contribution in [2.75, 3.05) is 0 Å². The maximum absolute atomic E-state index is 11.6. The first-order valence-corrected chi connectivity index (χ1v) is 20.3. The van der Waals surface area contributed by atoms with E-state index in [0.717, 1.165) is 38.7 Å². The smallest absolute Gasteiger partial charge is 0.320 e. The molecular formula is C51H48N6O6. The van der Waals surface area contributed by atoms with Crippen molar-refractivity contribution in [2.45, 2.75) is 24.9 Å². The van der Waals surface area contributed by atoms with Crippen molar-refractivity contribution in [1.29, 1.82) is 0 Å². The molecule has 0 aliphatic heterocycles. The zero-order chi connectivity index (χ0) is 44.8. The van der Waals surface area contributed by atoms with Gasteiger partial charge in [-0.25, -0.2) is 0 Å². The Morgan fingerprint density at radius 1 is 0.556 bits per heavy atom. The van der Waals surface area contributed by atoms with Gasteiger partial charge in [-0.1, -0.05) is 115 Å². The maximum Gasteiger partial charge on any atom is 0.320 e. The molecular weight excluding hydrogens is 793 g/mol. The molecule has 0 amide bonds. The van der Waals surface area contributed by atoms with Crippen molar-refractivity contribution in [3.05, 3.63) is 185 Å². The summed E-state index contributed by atoms with van der Waals surface area (Å²) in [5.74, 6) is -2.11. The number of aromatic nitrogens is 3. The zero-order valence-electron chi connectivity index (χ0n) is 35.1. The normalized spacial score (nSPS) is 12.0. The van der Waals surface area contributed by atoms with Gasteiger partial charge in [0.15, 0.2) is 0 Å². The fourth-order valence-corrected chi connectivity index (χ4v) is 7.84. The number of carboxylic acids is 2. The number of benzene rings is 6. The highest BCUT2D eigenvalue weighted by molar-refractivity contribution is 5.97. The van der Waals surface area contributed by atoms with E-state index in [-0.39, 0.29) is 12.1 Å². The van der Waals surface area contributed by atoms with Crippen LogP contribution in [0.5, 0.6) is 0 Å². The van der Waals surface area contributed by atoms with Crippen molar-refractivity contribution < 1.29 is 24.7 Å². The molecule has 0 aliphatic carbocycles. The highest BCUT2D eigenvalue weighted by atomic mass is 16.6. The number of nitro groups is 1. The molecule has 3 heterocycles. The lowest BCUT2D eigenvalue weighted by atomic mass is 9.99. The van der Waals surface area contributed by atoms with Crippen molar-refractivity contribution in [1.82, 2.24) is 13.7 Å². The summed E-state index contributed by atoms with van der Waals surface area (Å²) in [6.07, 6.45) is 6.12. The van der Waals surface area contributed by atoms with E-state index in [1.807, 2.05) is 84.5 Å². The van der Waals surface area contributed by atoms with Crippen LogP contribution < -0.4 is 11.5 Å². The lowest BCUT2D eigenvalue weighted by molar-refractivity contribution is -0.383. The quantitative estimate of drug-likeness (QED) is 0.0775. The Labute approximate surface area is 364 Å². The largest absolute Gasteiger partial charge is 0.480 e. The molecule has 2 unspecified atom stereocenters. The number of hydrogen-bond donors (Lipinski definition) is 4. The minimum Gasteiger partial charge on any atom is -0.480 e. The number of nitrogens with zero attached hydrogens (tertiary/aromatic N) is 4. The van der Waals surface area contributed by atoms with Crippen LogP contribution in [0.25, 0.3) is 66.1 Å². The van der Waals surface area contributed by atoms with Crippen LogP contribution in [0.2, 0.25) is 0 Å². The van der Waals surface area contributed by atoms with Gasteiger partial charge in [-0.3, -0.25) is 19.7 Å². The van der Waals surface area contributed by atoms with Crippen LogP contribution >= 0.6 is 0 Å².